The van der Waals surface area contributed by atoms with Crippen molar-refractivity contribution in [2.75, 3.05) is 4.90 Å². The normalized spacial score (nSPS) is 17.1. The van der Waals surface area contributed by atoms with Crippen LogP contribution in [0.1, 0.15) is 11.6 Å². The highest BCUT2D eigenvalue weighted by atomic mass is 15.2. The first-order chi connectivity index (χ1) is 22.3. The van der Waals surface area contributed by atoms with E-state index in [4.69, 9.17) is 15.0 Å². The summed E-state index contributed by atoms with van der Waals surface area (Å²) < 4.78 is 4.70. The first-order valence-electron chi connectivity index (χ1n) is 15.3. The van der Waals surface area contributed by atoms with E-state index in [0.717, 1.165) is 60.9 Å². The fraction of sp³-hybridized carbons (Fsp3) is 0.0513. The first-order valence-corrected chi connectivity index (χ1v) is 15.3. The number of aromatic nitrogens is 4. The maximum absolute atomic E-state index is 4.94. The molecule has 2 unspecified atom stereocenters. The number of hydrogen-bond donors (Lipinski definition) is 0. The number of dihydropyridines is 1. The number of allylic oxidation sites excluding steroid dienone is 1. The van der Waals surface area contributed by atoms with Crippen molar-refractivity contribution in [2.24, 2.45) is 4.99 Å². The van der Waals surface area contributed by atoms with Crippen LogP contribution in [-0.4, -0.2) is 31.4 Å². The number of para-hydroxylation sites is 3. The molecule has 6 heterocycles. The minimum atomic E-state index is 0.0492. The van der Waals surface area contributed by atoms with E-state index in [9.17, 15) is 0 Å². The van der Waals surface area contributed by atoms with E-state index < -0.39 is 0 Å². The zero-order chi connectivity index (χ0) is 29.5. The lowest BCUT2D eigenvalue weighted by Crippen LogP contribution is -2.29. The van der Waals surface area contributed by atoms with Gasteiger partial charge in [0.15, 0.2) is 0 Å². The maximum Gasteiger partial charge on any atom is 0.101 e. The Kier molecular flexibility index (Phi) is 5.02. The van der Waals surface area contributed by atoms with Gasteiger partial charge in [-0.15, -0.1) is 0 Å². The summed E-state index contributed by atoms with van der Waals surface area (Å²) in [6, 6.07) is 41.2. The van der Waals surface area contributed by atoms with Crippen molar-refractivity contribution in [1.82, 2.24) is 19.1 Å². The maximum atomic E-state index is 4.94. The smallest absolute Gasteiger partial charge is 0.101 e. The predicted octanol–water partition coefficient (Wildman–Crippen LogP) is 8.87. The molecular formula is C39H26N6. The van der Waals surface area contributed by atoms with Crippen LogP contribution in [0.25, 0.3) is 55.2 Å². The van der Waals surface area contributed by atoms with Gasteiger partial charge in [0, 0.05) is 46.3 Å². The second-order valence-corrected chi connectivity index (χ2v) is 11.7. The number of rotatable bonds is 3. The fourth-order valence-corrected chi connectivity index (χ4v) is 7.52. The van der Waals surface area contributed by atoms with Crippen molar-refractivity contribution in [3.63, 3.8) is 0 Å². The van der Waals surface area contributed by atoms with Gasteiger partial charge >= 0.3 is 0 Å². The molecular weight excluding hydrogens is 552 g/mol. The van der Waals surface area contributed by atoms with Gasteiger partial charge in [-0.3, -0.25) is 15.0 Å². The highest BCUT2D eigenvalue weighted by Crippen LogP contribution is 2.48. The molecule has 2 aliphatic heterocycles. The molecule has 6 heteroatoms. The third-order valence-electron chi connectivity index (χ3n) is 9.31. The van der Waals surface area contributed by atoms with Crippen LogP contribution in [0.3, 0.4) is 0 Å². The Morgan fingerprint density at radius 2 is 1.09 bits per heavy atom. The molecule has 0 saturated carbocycles. The van der Waals surface area contributed by atoms with Crippen molar-refractivity contribution in [3.8, 4) is 11.4 Å². The monoisotopic (exact) mass is 578 g/mol. The lowest BCUT2D eigenvalue weighted by Gasteiger charge is -2.29. The van der Waals surface area contributed by atoms with Crippen molar-refractivity contribution >= 4 is 61.5 Å². The zero-order valence-electron chi connectivity index (χ0n) is 24.2. The summed E-state index contributed by atoms with van der Waals surface area (Å²) in [5.74, 6) is 0. The van der Waals surface area contributed by atoms with Crippen LogP contribution < -0.4 is 4.90 Å². The third-order valence-corrected chi connectivity index (χ3v) is 9.31. The molecule has 0 aliphatic carbocycles. The van der Waals surface area contributed by atoms with Crippen LogP contribution in [0.4, 0.5) is 11.4 Å². The van der Waals surface area contributed by atoms with E-state index in [0.29, 0.717) is 0 Å². The molecule has 0 amide bonds. The van der Waals surface area contributed by atoms with Crippen molar-refractivity contribution < 1.29 is 0 Å². The minimum Gasteiger partial charge on any atom is -0.332 e. The molecule has 45 heavy (non-hydrogen) atoms. The highest BCUT2D eigenvalue weighted by Gasteiger charge is 2.38. The summed E-state index contributed by atoms with van der Waals surface area (Å²) in [6.45, 7) is 0. The van der Waals surface area contributed by atoms with Crippen LogP contribution in [0.5, 0.6) is 0 Å². The van der Waals surface area contributed by atoms with Gasteiger partial charge in [-0.2, -0.15) is 0 Å². The van der Waals surface area contributed by atoms with Crippen LogP contribution in [-0.2, 0) is 0 Å². The molecule has 0 fully saturated rings. The first kappa shape index (κ1) is 24.4. The number of anilines is 2. The molecule has 0 N–H and O–H groups in total. The van der Waals surface area contributed by atoms with Gasteiger partial charge in [0.25, 0.3) is 0 Å². The number of benzene rings is 4. The summed E-state index contributed by atoms with van der Waals surface area (Å²) in [7, 11) is 0. The molecule has 0 radical (unpaired) electrons. The Balaban J connectivity index is 1.32. The van der Waals surface area contributed by atoms with E-state index in [1.165, 1.54) is 11.3 Å². The van der Waals surface area contributed by atoms with E-state index in [1.807, 2.05) is 30.7 Å². The lowest BCUT2D eigenvalue weighted by molar-refractivity contribution is 0.667. The Morgan fingerprint density at radius 1 is 0.533 bits per heavy atom. The SMILES string of the molecule is C1=CC2C(N=C1)c1ccccc1N2c1cc(-n2c3ccccc3c3ncccc32)cc(-n2c3ccccc3c3ncccc32)c1. The standard InChI is InChI=1S/C39H26N6/c1-4-13-31-28(10-1)37-34(16-7-19-40-37)43(31)25-22-26(44-32-14-5-2-11-29(32)38-35(44)17-8-20-41-38)24-27(23-25)45-33-15-6-3-12-30(33)39-36(45)18-9-21-42-39/h1-24,34,37H. The summed E-state index contributed by atoms with van der Waals surface area (Å²) in [4.78, 5) is 17.0. The molecule has 2 atom stereocenters. The molecule has 8 aromatic rings. The highest BCUT2D eigenvalue weighted by molar-refractivity contribution is 6.08. The van der Waals surface area contributed by atoms with Crippen molar-refractivity contribution in [3.05, 3.63) is 145 Å². The Labute approximate surface area is 258 Å². The second-order valence-electron chi connectivity index (χ2n) is 11.7. The van der Waals surface area contributed by atoms with Gasteiger partial charge in [-0.25, -0.2) is 0 Å². The molecule has 0 spiro atoms. The predicted molar refractivity (Wildman–Crippen MR) is 183 cm³/mol. The molecule has 212 valence electrons. The van der Waals surface area contributed by atoms with Crippen LogP contribution >= 0.6 is 0 Å². The largest absolute Gasteiger partial charge is 0.332 e. The van der Waals surface area contributed by atoms with Crippen LogP contribution in [0, 0.1) is 0 Å². The lowest BCUT2D eigenvalue weighted by atomic mass is 10.0. The fourth-order valence-electron chi connectivity index (χ4n) is 7.52. The summed E-state index contributed by atoms with van der Waals surface area (Å²) in [6.07, 6.45) is 10.0. The Bertz CT molecular complexity index is 2290. The molecule has 0 bridgehead atoms. The minimum absolute atomic E-state index is 0.0492. The number of pyridine rings is 2. The van der Waals surface area contributed by atoms with E-state index in [1.54, 1.807) is 0 Å². The average molecular weight is 579 g/mol. The van der Waals surface area contributed by atoms with E-state index in [2.05, 4.69) is 129 Å². The topological polar surface area (TPSA) is 51.2 Å². The van der Waals surface area contributed by atoms with Crippen molar-refractivity contribution in [1.29, 1.82) is 0 Å². The van der Waals surface area contributed by atoms with Crippen LogP contribution in [0.2, 0.25) is 0 Å². The summed E-state index contributed by atoms with van der Waals surface area (Å²) in [5.41, 5.74) is 12.1. The zero-order valence-corrected chi connectivity index (χ0v) is 24.2. The van der Waals surface area contributed by atoms with Gasteiger partial charge in [-0.1, -0.05) is 60.7 Å². The second kappa shape index (κ2) is 9.24. The number of fused-ring (bicyclic) bond motifs is 9. The molecule has 0 saturated heterocycles. The third kappa shape index (κ3) is 3.42. The molecule has 2 aliphatic rings. The van der Waals surface area contributed by atoms with Crippen LogP contribution in [0.15, 0.2) is 145 Å². The van der Waals surface area contributed by atoms with Gasteiger partial charge in [0.05, 0.1) is 50.5 Å². The average Bonchev–Trinajstić information content (AvgIpc) is 3.74. The quantitative estimate of drug-likeness (QED) is 0.210. The van der Waals surface area contributed by atoms with Gasteiger partial charge < -0.3 is 14.0 Å². The number of hydrogen-bond acceptors (Lipinski definition) is 4. The van der Waals surface area contributed by atoms with Gasteiger partial charge in [0.1, 0.15) is 6.04 Å². The molecule has 4 aromatic heterocycles. The summed E-state index contributed by atoms with van der Waals surface area (Å²) >= 11 is 0. The number of nitrogens with zero attached hydrogens (tertiary/aromatic N) is 6. The van der Waals surface area contributed by atoms with Crippen molar-refractivity contribution in [2.45, 2.75) is 12.1 Å². The van der Waals surface area contributed by atoms with Gasteiger partial charge in [-0.05, 0) is 66.7 Å². The molecule has 6 nitrogen and oxygen atoms in total. The summed E-state index contributed by atoms with van der Waals surface area (Å²) in [5, 5.41) is 2.27. The molecule has 4 aromatic carbocycles. The Morgan fingerprint density at radius 3 is 1.76 bits per heavy atom. The van der Waals surface area contributed by atoms with E-state index >= 15 is 0 Å². The number of aliphatic imine (C=N–C) groups is 1. The van der Waals surface area contributed by atoms with Gasteiger partial charge in [0.2, 0.25) is 0 Å². The molecule has 10 rings (SSSR count). The Hall–Kier alpha value is -6.01. The van der Waals surface area contributed by atoms with E-state index in [-0.39, 0.29) is 12.1 Å².